The molecule has 0 saturated heterocycles. The molecule has 0 aliphatic carbocycles. The number of nitrogens with zero attached hydrogens (tertiary/aromatic N) is 1. The molecule has 0 saturated carbocycles. The number of hydrogen-bond acceptors (Lipinski definition) is 4. The standard InChI is InChI=1S/C15H23NO4/c1-6-13(15(17)18)16(3)10(2)12-8-7-11(19-4)9-14(12)20-5/h7-10,13H,6H2,1-5H3,(H,17,18). The first kappa shape index (κ1) is 16.3. The lowest BCUT2D eigenvalue weighted by Crippen LogP contribution is -2.39. The maximum Gasteiger partial charge on any atom is 0.320 e. The van der Waals surface area contributed by atoms with Crippen molar-refractivity contribution in [1.82, 2.24) is 4.90 Å². The molecule has 1 N–H and O–H groups in total. The third kappa shape index (κ3) is 3.42. The normalized spacial score (nSPS) is 13.9. The van der Waals surface area contributed by atoms with Crippen LogP contribution in [-0.4, -0.2) is 43.3 Å². The predicted octanol–water partition coefficient (Wildman–Crippen LogP) is 2.56. The van der Waals surface area contributed by atoms with Gasteiger partial charge in [0.1, 0.15) is 17.5 Å². The van der Waals surface area contributed by atoms with Crippen molar-refractivity contribution in [3.05, 3.63) is 23.8 Å². The third-order valence-corrected chi connectivity index (χ3v) is 3.67. The van der Waals surface area contributed by atoms with E-state index in [2.05, 4.69) is 0 Å². The highest BCUT2D eigenvalue weighted by atomic mass is 16.5. The third-order valence-electron chi connectivity index (χ3n) is 3.67. The number of likely N-dealkylation sites (N-methyl/N-ethyl adjacent to an activating group) is 1. The summed E-state index contributed by atoms with van der Waals surface area (Å²) in [4.78, 5) is 13.1. The molecule has 1 aromatic rings. The van der Waals surface area contributed by atoms with E-state index in [1.165, 1.54) is 0 Å². The molecule has 0 heterocycles. The average molecular weight is 281 g/mol. The monoisotopic (exact) mass is 281 g/mol. The minimum absolute atomic E-state index is 0.0723. The lowest BCUT2D eigenvalue weighted by molar-refractivity contribution is -0.143. The maximum absolute atomic E-state index is 11.3. The van der Waals surface area contributed by atoms with Gasteiger partial charge in [0.05, 0.1) is 14.2 Å². The highest BCUT2D eigenvalue weighted by Gasteiger charge is 2.26. The van der Waals surface area contributed by atoms with Gasteiger partial charge in [0.25, 0.3) is 0 Å². The van der Waals surface area contributed by atoms with Gasteiger partial charge in [-0.25, -0.2) is 0 Å². The summed E-state index contributed by atoms with van der Waals surface area (Å²) >= 11 is 0. The molecule has 1 rings (SSSR count). The first-order valence-corrected chi connectivity index (χ1v) is 6.62. The molecule has 5 heteroatoms. The van der Waals surface area contributed by atoms with Gasteiger partial charge < -0.3 is 14.6 Å². The Labute approximate surface area is 120 Å². The minimum atomic E-state index is -0.811. The number of ether oxygens (including phenoxy) is 2. The van der Waals surface area contributed by atoms with E-state index in [-0.39, 0.29) is 6.04 Å². The number of rotatable bonds is 7. The van der Waals surface area contributed by atoms with E-state index in [0.29, 0.717) is 17.9 Å². The first-order chi connectivity index (χ1) is 9.46. The Kier molecular flexibility index (Phi) is 5.82. The molecule has 0 aliphatic heterocycles. The molecule has 20 heavy (non-hydrogen) atoms. The molecule has 2 atom stereocenters. The van der Waals surface area contributed by atoms with Crippen LogP contribution in [0.25, 0.3) is 0 Å². The van der Waals surface area contributed by atoms with Crippen LogP contribution in [0.5, 0.6) is 11.5 Å². The quantitative estimate of drug-likeness (QED) is 0.832. The smallest absolute Gasteiger partial charge is 0.320 e. The molecule has 0 radical (unpaired) electrons. The molecular formula is C15H23NO4. The second-order valence-electron chi connectivity index (χ2n) is 4.71. The number of hydrogen-bond donors (Lipinski definition) is 1. The van der Waals surface area contributed by atoms with E-state index in [0.717, 1.165) is 5.56 Å². The van der Waals surface area contributed by atoms with Gasteiger partial charge in [0.2, 0.25) is 0 Å². The molecule has 0 aromatic heterocycles. The fourth-order valence-electron chi connectivity index (χ4n) is 2.29. The van der Waals surface area contributed by atoms with Crippen LogP contribution in [0.15, 0.2) is 18.2 Å². The summed E-state index contributed by atoms with van der Waals surface area (Å²) in [6.45, 7) is 3.84. The zero-order chi connectivity index (χ0) is 15.3. The molecule has 112 valence electrons. The van der Waals surface area contributed by atoms with Crippen LogP contribution >= 0.6 is 0 Å². The lowest BCUT2D eigenvalue weighted by Gasteiger charge is -2.31. The summed E-state index contributed by atoms with van der Waals surface area (Å²) in [5.41, 5.74) is 0.940. The van der Waals surface area contributed by atoms with Crippen molar-refractivity contribution in [3.63, 3.8) is 0 Å². The lowest BCUT2D eigenvalue weighted by atomic mass is 10.0. The fraction of sp³-hybridized carbons (Fsp3) is 0.533. The highest BCUT2D eigenvalue weighted by molar-refractivity contribution is 5.73. The van der Waals surface area contributed by atoms with Gasteiger partial charge in [0, 0.05) is 17.7 Å². The molecular weight excluding hydrogens is 258 g/mol. The number of methoxy groups -OCH3 is 2. The Hall–Kier alpha value is -1.75. The molecule has 0 fully saturated rings. The zero-order valence-electron chi connectivity index (χ0n) is 12.7. The molecule has 0 aliphatic rings. The largest absolute Gasteiger partial charge is 0.497 e. The minimum Gasteiger partial charge on any atom is -0.497 e. The molecule has 5 nitrogen and oxygen atoms in total. The van der Waals surface area contributed by atoms with E-state index in [4.69, 9.17) is 9.47 Å². The number of carboxylic acids is 1. The highest BCUT2D eigenvalue weighted by Crippen LogP contribution is 2.32. The van der Waals surface area contributed by atoms with Crippen molar-refractivity contribution in [3.8, 4) is 11.5 Å². The Morgan fingerprint density at radius 1 is 1.35 bits per heavy atom. The van der Waals surface area contributed by atoms with Gasteiger partial charge in [-0.05, 0) is 26.5 Å². The fourth-order valence-corrected chi connectivity index (χ4v) is 2.29. The Morgan fingerprint density at radius 3 is 2.45 bits per heavy atom. The van der Waals surface area contributed by atoms with Crippen LogP contribution in [0.4, 0.5) is 0 Å². The number of carbonyl (C=O) groups is 1. The van der Waals surface area contributed by atoms with E-state index in [1.807, 2.05) is 37.9 Å². The van der Waals surface area contributed by atoms with Gasteiger partial charge >= 0.3 is 5.97 Å². The van der Waals surface area contributed by atoms with Gasteiger partial charge in [0.15, 0.2) is 0 Å². The topological polar surface area (TPSA) is 59.0 Å². The van der Waals surface area contributed by atoms with Gasteiger partial charge in [-0.1, -0.05) is 13.0 Å². The van der Waals surface area contributed by atoms with Crippen molar-refractivity contribution in [2.45, 2.75) is 32.4 Å². The number of carboxylic acid groups (broad SMARTS) is 1. The number of aliphatic carboxylic acids is 1. The first-order valence-electron chi connectivity index (χ1n) is 6.62. The van der Waals surface area contributed by atoms with Crippen molar-refractivity contribution < 1.29 is 19.4 Å². The summed E-state index contributed by atoms with van der Waals surface area (Å²) < 4.78 is 10.5. The molecule has 0 bridgehead atoms. The zero-order valence-corrected chi connectivity index (χ0v) is 12.7. The van der Waals surface area contributed by atoms with Gasteiger partial charge in [-0.3, -0.25) is 9.69 Å². The van der Waals surface area contributed by atoms with Crippen molar-refractivity contribution >= 4 is 5.97 Å². The van der Waals surface area contributed by atoms with Gasteiger partial charge in [-0.2, -0.15) is 0 Å². The van der Waals surface area contributed by atoms with Crippen molar-refractivity contribution in [1.29, 1.82) is 0 Å². The molecule has 1 aromatic carbocycles. The summed E-state index contributed by atoms with van der Waals surface area (Å²) in [5, 5.41) is 9.26. The molecule has 0 amide bonds. The van der Waals surface area contributed by atoms with Crippen LogP contribution in [0.1, 0.15) is 31.9 Å². The Morgan fingerprint density at radius 2 is 2.00 bits per heavy atom. The van der Waals surface area contributed by atoms with Crippen LogP contribution in [0.2, 0.25) is 0 Å². The van der Waals surface area contributed by atoms with E-state index in [1.54, 1.807) is 20.3 Å². The molecule has 2 unspecified atom stereocenters. The Balaban J connectivity index is 3.07. The molecule has 0 spiro atoms. The second-order valence-corrected chi connectivity index (χ2v) is 4.71. The van der Waals surface area contributed by atoms with Crippen LogP contribution in [0.3, 0.4) is 0 Å². The maximum atomic E-state index is 11.3. The van der Waals surface area contributed by atoms with Crippen molar-refractivity contribution in [2.75, 3.05) is 21.3 Å². The summed E-state index contributed by atoms with van der Waals surface area (Å²) in [6, 6.07) is 4.98. The van der Waals surface area contributed by atoms with E-state index < -0.39 is 12.0 Å². The SMILES string of the molecule is CCC(C(=O)O)N(C)C(C)c1ccc(OC)cc1OC. The second kappa shape index (κ2) is 7.14. The van der Waals surface area contributed by atoms with Crippen molar-refractivity contribution in [2.24, 2.45) is 0 Å². The van der Waals surface area contributed by atoms with E-state index >= 15 is 0 Å². The summed E-state index contributed by atoms with van der Waals surface area (Å²) in [6.07, 6.45) is 0.550. The van der Waals surface area contributed by atoms with Crippen LogP contribution < -0.4 is 9.47 Å². The van der Waals surface area contributed by atoms with E-state index in [9.17, 15) is 9.90 Å². The van der Waals surface area contributed by atoms with Gasteiger partial charge in [-0.15, -0.1) is 0 Å². The van der Waals surface area contributed by atoms with Crippen LogP contribution in [0, 0.1) is 0 Å². The summed E-state index contributed by atoms with van der Waals surface area (Å²) in [5.74, 6) is 0.601. The number of benzene rings is 1. The Bertz CT molecular complexity index is 461. The van der Waals surface area contributed by atoms with Crippen LogP contribution in [-0.2, 0) is 4.79 Å². The average Bonchev–Trinajstić information content (AvgIpc) is 2.45. The summed E-state index contributed by atoms with van der Waals surface area (Å²) in [7, 11) is 5.01. The predicted molar refractivity (Wildman–Crippen MR) is 77.4 cm³/mol.